The Morgan fingerprint density at radius 3 is 2.73 bits per heavy atom. The van der Waals surface area contributed by atoms with Crippen LogP contribution in [0.3, 0.4) is 0 Å². The molecule has 2 heterocycles. The lowest BCUT2D eigenvalue weighted by atomic mass is 9.70. The predicted octanol–water partition coefficient (Wildman–Crippen LogP) is 4.72. The molecule has 4 atom stereocenters. The van der Waals surface area contributed by atoms with Crippen molar-refractivity contribution < 1.29 is 29.0 Å². The minimum Gasteiger partial charge on any atom is -0.508 e. The Labute approximate surface area is 198 Å². The van der Waals surface area contributed by atoms with E-state index < -0.39 is 29.7 Å². The summed E-state index contributed by atoms with van der Waals surface area (Å²) in [6.07, 6.45) is 3.83. The van der Waals surface area contributed by atoms with Gasteiger partial charge in [-0.15, -0.1) is 0 Å². The number of likely N-dealkylation sites (tertiary alicyclic amines) is 1. The molecule has 2 aliphatic heterocycles. The highest BCUT2D eigenvalue weighted by atomic mass is 35.5. The number of imide groups is 3. The van der Waals surface area contributed by atoms with Gasteiger partial charge in [-0.3, -0.25) is 9.59 Å². The Balaban J connectivity index is 1.51. The second-order valence-corrected chi connectivity index (χ2v) is 9.29. The summed E-state index contributed by atoms with van der Waals surface area (Å²) in [6, 6.07) is 4.93. The van der Waals surface area contributed by atoms with Gasteiger partial charge in [0, 0.05) is 5.92 Å². The lowest BCUT2D eigenvalue weighted by Crippen LogP contribution is -2.37. The number of phenols is 1. The van der Waals surface area contributed by atoms with E-state index in [0.717, 1.165) is 36.0 Å². The Kier molecular flexibility index (Phi) is 6.64. The van der Waals surface area contributed by atoms with Crippen LogP contribution < -0.4 is 0 Å². The third-order valence-corrected chi connectivity index (χ3v) is 7.36. The Morgan fingerprint density at radius 2 is 2.06 bits per heavy atom. The van der Waals surface area contributed by atoms with Crippen molar-refractivity contribution in [1.82, 2.24) is 4.90 Å². The number of rotatable bonds is 5. The number of hydrogen-bond acceptors (Lipinski definition) is 6. The molecule has 33 heavy (non-hydrogen) atoms. The molecular weight excluding hydrogens is 446 g/mol. The van der Waals surface area contributed by atoms with E-state index in [1.165, 1.54) is 18.7 Å². The topological polar surface area (TPSA) is 93.1 Å². The van der Waals surface area contributed by atoms with E-state index in [1.807, 2.05) is 13.0 Å². The van der Waals surface area contributed by atoms with E-state index in [2.05, 4.69) is 11.7 Å². The largest absolute Gasteiger partial charge is 0.508 e. The van der Waals surface area contributed by atoms with Gasteiger partial charge in [0.1, 0.15) is 5.75 Å². The van der Waals surface area contributed by atoms with Crippen LogP contribution in [0.25, 0.3) is 6.08 Å². The van der Waals surface area contributed by atoms with Crippen LogP contribution in [0, 0.1) is 17.8 Å². The zero-order valence-electron chi connectivity index (χ0n) is 19.0. The number of phenolic OH excluding ortho intramolecular Hbond substituents is 1. The number of nitrogens with zero attached hydrogens (tertiary/aromatic N) is 1. The minimum absolute atomic E-state index is 0.128. The van der Waals surface area contributed by atoms with Gasteiger partial charge in [0.25, 0.3) is 0 Å². The number of allylic oxidation sites excluding steroid dienone is 2. The van der Waals surface area contributed by atoms with Gasteiger partial charge in [-0.25, -0.2) is 4.79 Å². The maximum atomic E-state index is 13.0. The summed E-state index contributed by atoms with van der Waals surface area (Å²) in [7, 11) is 1.17. The average molecular weight is 474 g/mol. The van der Waals surface area contributed by atoms with Crippen molar-refractivity contribution in [3.8, 4) is 5.75 Å². The number of amides is 3. The van der Waals surface area contributed by atoms with Crippen LogP contribution in [0.4, 0.5) is 4.79 Å². The maximum Gasteiger partial charge on any atom is 0.423 e. The lowest BCUT2D eigenvalue weighted by Gasteiger charge is -2.30. The number of methoxy groups -OCH3 is 1. The molecule has 1 aromatic rings. The molecule has 8 heteroatoms. The number of aromatic hydroxyl groups is 1. The van der Waals surface area contributed by atoms with Gasteiger partial charge in [0.05, 0.1) is 36.7 Å². The van der Waals surface area contributed by atoms with E-state index in [4.69, 9.17) is 16.3 Å². The highest BCUT2D eigenvalue weighted by Crippen LogP contribution is 2.49. The zero-order chi connectivity index (χ0) is 23.9. The molecule has 2 fully saturated rings. The summed E-state index contributed by atoms with van der Waals surface area (Å²) >= 11 is 6.26. The second kappa shape index (κ2) is 9.31. The molecule has 0 spiro atoms. The lowest BCUT2D eigenvalue weighted by molar-refractivity contribution is -0.137. The summed E-state index contributed by atoms with van der Waals surface area (Å²) in [6.45, 7) is 4.44. The molecule has 1 aromatic carbocycles. The number of carbonyl (C=O) groups is 3. The molecule has 0 radical (unpaired) electrons. The van der Waals surface area contributed by atoms with Gasteiger partial charge in [-0.1, -0.05) is 35.7 Å². The van der Waals surface area contributed by atoms with Crippen LogP contribution in [0.2, 0.25) is 5.02 Å². The number of benzene rings is 1. The number of ether oxygens (including phenoxy) is 2. The molecule has 3 aliphatic rings. The van der Waals surface area contributed by atoms with Crippen molar-refractivity contribution in [3.63, 3.8) is 0 Å². The summed E-state index contributed by atoms with van der Waals surface area (Å²) in [4.78, 5) is 38.4. The Morgan fingerprint density at radius 1 is 1.30 bits per heavy atom. The molecule has 7 nitrogen and oxygen atoms in total. The van der Waals surface area contributed by atoms with Crippen LogP contribution in [-0.2, 0) is 19.1 Å². The monoisotopic (exact) mass is 473 g/mol. The van der Waals surface area contributed by atoms with Crippen LogP contribution in [0.15, 0.2) is 34.9 Å². The first kappa shape index (κ1) is 23.5. The van der Waals surface area contributed by atoms with Crippen LogP contribution >= 0.6 is 11.6 Å². The Bertz CT molecular complexity index is 1060. The first-order chi connectivity index (χ1) is 15.8. The van der Waals surface area contributed by atoms with E-state index >= 15 is 0 Å². The molecular formula is C25H28ClNO6. The quantitative estimate of drug-likeness (QED) is 0.491. The van der Waals surface area contributed by atoms with E-state index in [0.29, 0.717) is 23.0 Å². The third-order valence-electron chi connectivity index (χ3n) is 7.03. The van der Waals surface area contributed by atoms with Crippen molar-refractivity contribution >= 4 is 35.6 Å². The molecule has 0 saturated carbocycles. The SMILES string of the molecule is CC/C(=C\c1ccc(O)cc1Cl)CC[C@H]1OC[C@H]2C1=C(C)C[C@H]1C(=O)N(C(=O)OC)C(=O)[C@H]12. The fourth-order valence-corrected chi connectivity index (χ4v) is 5.65. The smallest absolute Gasteiger partial charge is 0.423 e. The van der Waals surface area contributed by atoms with Crippen LogP contribution in [0.1, 0.15) is 45.1 Å². The van der Waals surface area contributed by atoms with Crippen molar-refractivity contribution in [3.05, 3.63) is 45.5 Å². The standard InChI is InChI=1S/C25H28ClNO6/c1-4-14(10-15-6-7-16(28)11-19(15)26)5-8-20-21-13(2)9-17-22(18(21)12-33-20)24(30)27(23(17)29)25(31)32-3/h6-7,10-11,17-18,20,22,28H,4-5,8-9,12H2,1-3H3/b14-10+/t17-,18+,20-,22-/m1/s1. The van der Waals surface area contributed by atoms with Crippen molar-refractivity contribution in [2.45, 2.75) is 45.6 Å². The second-order valence-electron chi connectivity index (χ2n) is 8.88. The normalized spacial score (nSPS) is 27.2. The van der Waals surface area contributed by atoms with Crippen LogP contribution in [-0.4, -0.2) is 47.7 Å². The first-order valence-electron chi connectivity index (χ1n) is 11.2. The highest BCUT2D eigenvalue weighted by molar-refractivity contribution is 6.32. The van der Waals surface area contributed by atoms with Gasteiger partial charge in [-0.2, -0.15) is 4.90 Å². The summed E-state index contributed by atoms with van der Waals surface area (Å²) in [5, 5.41) is 10.1. The molecule has 0 aromatic heterocycles. The van der Waals surface area contributed by atoms with Crippen LogP contribution in [0.5, 0.6) is 5.75 Å². The fourth-order valence-electron chi connectivity index (χ4n) is 5.42. The molecule has 2 saturated heterocycles. The van der Waals surface area contributed by atoms with Gasteiger partial charge in [0.2, 0.25) is 11.8 Å². The summed E-state index contributed by atoms with van der Waals surface area (Å²) < 4.78 is 10.8. The molecule has 176 valence electrons. The number of hydrogen-bond donors (Lipinski definition) is 1. The maximum absolute atomic E-state index is 13.0. The van der Waals surface area contributed by atoms with Gasteiger partial charge >= 0.3 is 6.09 Å². The zero-order valence-corrected chi connectivity index (χ0v) is 19.7. The fraction of sp³-hybridized carbons (Fsp3) is 0.480. The van der Waals surface area contributed by atoms with Gasteiger partial charge in [-0.05, 0) is 61.9 Å². The summed E-state index contributed by atoms with van der Waals surface area (Å²) in [5.74, 6) is -2.12. The van der Waals surface area contributed by atoms with Gasteiger partial charge < -0.3 is 14.6 Å². The minimum atomic E-state index is -0.917. The van der Waals surface area contributed by atoms with Crippen molar-refractivity contribution in [2.24, 2.45) is 17.8 Å². The van der Waals surface area contributed by atoms with E-state index in [9.17, 15) is 19.5 Å². The predicted molar refractivity (Wildman–Crippen MR) is 122 cm³/mol. The number of halogens is 1. The van der Waals surface area contributed by atoms with Gasteiger partial charge in [0.15, 0.2) is 0 Å². The number of fused-ring (bicyclic) bond motifs is 3. The Hall–Kier alpha value is -2.64. The molecule has 3 amide bonds. The molecule has 4 rings (SSSR count). The number of carbonyl (C=O) groups excluding carboxylic acids is 3. The van der Waals surface area contributed by atoms with Crippen molar-refractivity contribution in [1.29, 1.82) is 0 Å². The average Bonchev–Trinajstić information content (AvgIpc) is 3.31. The summed E-state index contributed by atoms with van der Waals surface area (Å²) in [5.41, 5.74) is 4.22. The third kappa shape index (κ3) is 4.20. The van der Waals surface area contributed by atoms with E-state index in [1.54, 1.807) is 12.1 Å². The highest BCUT2D eigenvalue weighted by Gasteiger charge is 2.58. The first-order valence-corrected chi connectivity index (χ1v) is 11.6. The molecule has 1 aliphatic carbocycles. The molecule has 0 bridgehead atoms. The molecule has 0 unspecified atom stereocenters. The van der Waals surface area contributed by atoms with E-state index in [-0.39, 0.29) is 17.8 Å². The van der Waals surface area contributed by atoms with Crippen molar-refractivity contribution in [2.75, 3.05) is 13.7 Å². The molecule has 1 N–H and O–H groups in total.